The lowest BCUT2D eigenvalue weighted by atomic mass is 9.75. The van der Waals surface area contributed by atoms with Gasteiger partial charge in [0.15, 0.2) is 5.76 Å². The number of hydrogen-bond acceptors (Lipinski definition) is 6. The molecule has 3 aliphatic rings. The third-order valence-electron chi connectivity index (χ3n) is 4.94. The number of halogens is 3. The Hall–Kier alpha value is -2.59. The van der Waals surface area contributed by atoms with E-state index in [-0.39, 0.29) is 28.9 Å². The normalized spacial score (nSPS) is 26.7. The van der Waals surface area contributed by atoms with Crippen LogP contribution in [0.4, 0.5) is 9.18 Å². The van der Waals surface area contributed by atoms with Gasteiger partial charge in [-0.3, -0.25) is 15.4 Å². The van der Waals surface area contributed by atoms with E-state index in [0.717, 1.165) is 0 Å². The summed E-state index contributed by atoms with van der Waals surface area (Å²) in [5.74, 6) is -2.44. The molecule has 3 N–H and O–H groups in total. The van der Waals surface area contributed by atoms with Gasteiger partial charge in [-0.05, 0) is 52.0 Å². The molecule has 3 heterocycles. The zero-order chi connectivity index (χ0) is 23.5. The van der Waals surface area contributed by atoms with Crippen LogP contribution in [-0.4, -0.2) is 29.4 Å². The second-order valence-corrected chi connectivity index (χ2v) is 10.1. The van der Waals surface area contributed by atoms with E-state index in [0.29, 0.717) is 15.8 Å². The SMILES string of the molecule is CC(C)(C)OC(=O)NC1=NC2(CC(=O)N1)C1=C(Oc3ccc(Br)cc32)[C@@](C)(F)NC(Cl)=C1. The summed E-state index contributed by atoms with van der Waals surface area (Å²) < 4.78 is 27.4. The van der Waals surface area contributed by atoms with Gasteiger partial charge in [-0.25, -0.2) is 14.2 Å². The van der Waals surface area contributed by atoms with Crippen molar-refractivity contribution in [2.24, 2.45) is 4.99 Å². The zero-order valence-corrected chi connectivity index (χ0v) is 20.1. The highest BCUT2D eigenvalue weighted by molar-refractivity contribution is 9.10. The van der Waals surface area contributed by atoms with Crippen LogP contribution in [0.2, 0.25) is 0 Å². The topological polar surface area (TPSA) is 101 Å². The van der Waals surface area contributed by atoms with Crippen molar-refractivity contribution in [1.29, 1.82) is 0 Å². The highest BCUT2D eigenvalue weighted by Crippen LogP contribution is 2.52. The third kappa shape index (κ3) is 4.09. The molecule has 0 aliphatic carbocycles. The molecule has 0 saturated heterocycles. The molecule has 0 saturated carbocycles. The second-order valence-electron chi connectivity index (χ2n) is 8.78. The average Bonchev–Trinajstić information content (AvgIpc) is 2.61. The molecule has 2 atom stereocenters. The van der Waals surface area contributed by atoms with Crippen LogP contribution in [0.3, 0.4) is 0 Å². The fraction of sp³-hybridized carbons (Fsp3) is 0.381. The molecule has 8 nitrogen and oxygen atoms in total. The van der Waals surface area contributed by atoms with E-state index in [1.807, 2.05) is 0 Å². The third-order valence-corrected chi connectivity index (χ3v) is 5.63. The monoisotopic (exact) mass is 526 g/mol. The Bertz CT molecular complexity index is 1130. The van der Waals surface area contributed by atoms with Crippen molar-refractivity contribution in [2.45, 2.75) is 51.0 Å². The lowest BCUT2D eigenvalue weighted by Crippen LogP contribution is -2.55. The van der Waals surface area contributed by atoms with Crippen LogP contribution in [0.5, 0.6) is 5.75 Å². The molecule has 32 heavy (non-hydrogen) atoms. The smallest absolute Gasteiger partial charge is 0.414 e. The molecule has 2 amide bonds. The predicted molar refractivity (Wildman–Crippen MR) is 120 cm³/mol. The molecule has 0 bridgehead atoms. The summed E-state index contributed by atoms with van der Waals surface area (Å²) in [6.45, 7) is 6.40. The number of carbonyl (C=O) groups excluding carboxylic acids is 2. The van der Waals surface area contributed by atoms with E-state index in [1.165, 1.54) is 13.0 Å². The first-order chi connectivity index (χ1) is 14.8. The number of guanidine groups is 1. The number of alkyl carbamates (subject to hydrolysis) is 1. The van der Waals surface area contributed by atoms with Gasteiger partial charge in [0.05, 0.1) is 6.42 Å². The molecule has 0 aromatic heterocycles. The van der Waals surface area contributed by atoms with Crippen LogP contribution in [-0.2, 0) is 15.1 Å². The van der Waals surface area contributed by atoms with Crippen molar-refractivity contribution < 1.29 is 23.5 Å². The Morgan fingerprint density at radius 2 is 2.12 bits per heavy atom. The summed E-state index contributed by atoms with van der Waals surface area (Å²) in [7, 11) is 0. The number of amides is 2. The van der Waals surface area contributed by atoms with Crippen LogP contribution in [0.15, 0.2) is 50.2 Å². The molecule has 11 heteroatoms. The van der Waals surface area contributed by atoms with Crippen molar-refractivity contribution >= 4 is 45.5 Å². The lowest BCUT2D eigenvalue weighted by molar-refractivity contribution is -0.121. The Balaban J connectivity index is 1.91. The minimum Gasteiger partial charge on any atom is -0.455 e. The number of ether oxygens (including phenoxy) is 2. The van der Waals surface area contributed by atoms with Gasteiger partial charge in [0.25, 0.3) is 0 Å². The minimum atomic E-state index is -2.15. The van der Waals surface area contributed by atoms with Crippen molar-refractivity contribution in [3.63, 3.8) is 0 Å². The predicted octanol–water partition coefficient (Wildman–Crippen LogP) is 4.06. The highest BCUT2D eigenvalue weighted by atomic mass is 79.9. The Morgan fingerprint density at radius 1 is 1.41 bits per heavy atom. The Kier molecular flexibility index (Phi) is 5.28. The first kappa shape index (κ1) is 22.6. The molecule has 0 radical (unpaired) electrons. The van der Waals surface area contributed by atoms with E-state index >= 15 is 4.39 Å². The number of nitrogens with zero attached hydrogens (tertiary/aromatic N) is 1. The Morgan fingerprint density at radius 3 is 2.81 bits per heavy atom. The highest BCUT2D eigenvalue weighted by Gasteiger charge is 2.53. The van der Waals surface area contributed by atoms with Crippen LogP contribution >= 0.6 is 27.5 Å². The largest absolute Gasteiger partial charge is 0.455 e. The van der Waals surface area contributed by atoms with Crippen LogP contribution in [0.25, 0.3) is 0 Å². The number of benzene rings is 1. The van der Waals surface area contributed by atoms with E-state index in [1.54, 1.807) is 39.0 Å². The van der Waals surface area contributed by atoms with Gasteiger partial charge in [0, 0.05) is 15.6 Å². The maximum atomic E-state index is 15.5. The number of hydrogen-bond donors (Lipinski definition) is 3. The molecule has 1 spiro atoms. The molecule has 170 valence electrons. The number of dihydropyridines is 1. The number of fused-ring (bicyclic) bond motifs is 3. The van der Waals surface area contributed by atoms with Crippen molar-refractivity contribution in [3.05, 3.63) is 50.8 Å². The number of alkyl halides is 1. The standard InChI is InChI=1S/C21H21BrClFN4O4/c1-19(2,3)32-18(30)26-17-25-15(29)9-21(28-17)11-7-10(22)5-6-13(11)31-16-12(21)8-14(23)27-20(16,4)24/h5-8,27H,9H2,1-4H3,(H2,25,26,28,29,30)/t20-,21?/m0/s1. The quantitative estimate of drug-likeness (QED) is 0.442. The molecule has 0 fully saturated rings. The summed E-state index contributed by atoms with van der Waals surface area (Å²) in [5, 5.41) is 7.56. The van der Waals surface area contributed by atoms with Gasteiger partial charge >= 0.3 is 6.09 Å². The summed E-state index contributed by atoms with van der Waals surface area (Å²) in [6, 6.07) is 5.13. The summed E-state index contributed by atoms with van der Waals surface area (Å²) in [4.78, 5) is 29.8. The average molecular weight is 528 g/mol. The Labute approximate surface area is 197 Å². The number of nitrogens with one attached hydrogen (secondary N) is 3. The summed E-state index contributed by atoms with van der Waals surface area (Å²) in [5.41, 5.74) is -1.36. The van der Waals surface area contributed by atoms with Gasteiger partial charge in [-0.15, -0.1) is 0 Å². The summed E-state index contributed by atoms with van der Waals surface area (Å²) >= 11 is 9.61. The molecular formula is C21H21BrClFN4O4. The fourth-order valence-corrected chi connectivity index (χ4v) is 4.47. The van der Waals surface area contributed by atoms with E-state index in [4.69, 9.17) is 21.1 Å². The van der Waals surface area contributed by atoms with E-state index in [2.05, 4.69) is 36.9 Å². The van der Waals surface area contributed by atoms with Crippen molar-refractivity contribution in [2.75, 3.05) is 0 Å². The van der Waals surface area contributed by atoms with Crippen LogP contribution in [0, 0.1) is 0 Å². The molecule has 3 aliphatic heterocycles. The fourth-order valence-electron chi connectivity index (χ4n) is 3.83. The molecular weight excluding hydrogens is 507 g/mol. The second kappa shape index (κ2) is 7.48. The van der Waals surface area contributed by atoms with Gasteiger partial charge in [-0.2, -0.15) is 0 Å². The maximum absolute atomic E-state index is 15.5. The molecule has 1 aromatic rings. The molecule has 1 aromatic carbocycles. The first-order valence-electron chi connectivity index (χ1n) is 9.76. The van der Waals surface area contributed by atoms with Crippen molar-refractivity contribution in [1.82, 2.24) is 16.0 Å². The number of carbonyl (C=O) groups is 2. The van der Waals surface area contributed by atoms with Gasteiger partial charge in [0.2, 0.25) is 17.7 Å². The van der Waals surface area contributed by atoms with Crippen molar-refractivity contribution in [3.8, 4) is 5.75 Å². The van der Waals surface area contributed by atoms with E-state index < -0.39 is 28.9 Å². The minimum absolute atomic E-state index is 0.0259. The summed E-state index contributed by atoms with van der Waals surface area (Å²) in [6.07, 6.45) is 0.531. The van der Waals surface area contributed by atoms with Crippen LogP contribution < -0.4 is 20.7 Å². The zero-order valence-electron chi connectivity index (χ0n) is 17.7. The number of aliphatic imine (C=N–C) groups is 1. The van der Waals surface area contributed by atoms with Crippen LogP contribution in [0.1, 0.15) is 39.7 Å². The van der Waals surface area contributed by atoms with Gasteiger partial charge < -0.3 is 14.8 Å². The maximum Gasteiger partial charge on any atom is 0.414 e. The van der Waals surface area contributed by atoms with Gasteiger partial charge in [-0.1, -0.05) is 27.5 Å². The number of rotatable bonds is 0. The lowest BCUT2D eigenvalue weighted by Gasteiger charge is -2.44. The first-order valence-corrected chi connectivity index (χ1v) is 10.9. The van der Waals surface area contributed by atoms with Gasteiger partial charge in [0.1, 0.15) is 22.0 Å². The molecule has 1 unspecified atom stereocenters. The van der Waals surface area contributed by atoms with E-state index in [9.17, 15) is 9.59 Å². The molecule has 4 rings (SSSR count).